The third kappa shape index (κ3) is 2.81. The first-order valence-electron chi connectivity index (χ1n) is 8.03. The fraction of sp³-hybridized carbons (Fsp3) is 0.438. The van der Waals surface area contributed by atoms with Crippen LogP contribution in [-0.4, -0.2) is 41.6 Å². The van der Waals surface area contributed by atoms with E-state index in [1.165, 1.54) is 0 Å². The third-order valence-electron chi connectivity index (χ3n) is 4.57. The van der Waals surface area contributed by atoms with E-state index in [2.05, 4.69) is 10.6 Å². The smallest absolute Gasteiger partial charge is 0.325 e. The van der Waals surface area contributed by atoms with Crippen LogP contribution in [0.15, 0.2) is 12.1 Å². The van der Waals surface area contributed by atoms with Crippen molar-refractivity contribution in [3.63, 3.8) is 0 Å². The highest BCUT2D eigenvalue weighted by Crippen LogP contribution is 2.38. The van der Waals surface area contributed by atoms with Crippen LogP contribution in [-0.2, 0) is 9.59 Å². The monoisotopic (exact) mass is 348 g/mol. The number of rotatable bonds is 5. The number of nitrogens with two attached hydrogens (primary N) is 1. The Balaban J connectivity index is 1.71. The zero-order valence-electron chi connectivity index (χ0n) is 14.0. The summed E-state index contributed by atoms with van der Waals surface area (Å²) in [6, 6.07) is 2.52. The van der Waals surface area contributed by atoms with Crippen molar-refractivity contribution in [3.05, 3.63) is 12.1 Å². The van der Waals surface area contributed by atoms with Crippen molar-refractivity contribution in [2.75, 3.05) is 24.4 Å². The number of nitrogens with zero attached hydrogens (tertiary/aromatic N) is 1. The van der Waals surface area contributed by atoms with Gasteiger partial charge in [0.2, 0.25) is 12.7 Å². The number of carbonyl (C=O) groups is 3. The van der Waals surface area contributed by atoms with Crippen molar-refractivity contribution in [1.29, 1.82) is 0 Å². The predicted octanol–water partition coefficient (Wildman–Crippen LogP) is 1.05. The lowest BCUT2D eigenvalue weighted by Crippen LogP contribution is -2.46. The minimum atomic E-state index is -0.935. The molecule has 1 aromatic carbocycles. The maximum absolute atomic E-state index is 12.5. The molecule has 0 aliphatic carbocycles. The number of hydrogen-bond acceptors (Lipinski definition) is 6. The van der Waals surface area contributed by atoms with Crippen LogP contribution in [0, 0.1) is 0 Å². The van der Waals surface area contributed by atoms with Gasteiger partial charge in [0, 0.05) is 12.1 Å². The summed E-state index contributed by atoms with van der Waals surface area (Å²) in [6.07, 6.45) is 0.919. The lowest BCUT2D eigenvalue weighted by molar-refractivity contribution is -0.134. The summed E-state index contributed by atoms with van der Waals surface area (Å²) >= 11 is 0. The molecule has 25 heavy (non-hydrogen) atoms. The highest BCUT2D eigenvalue weighted by atomic mass is 16.7. The standard InChI is InChI=1S/C16H20N4O5/c1-3-16(4-2)14(22)20(15(23)19-16)7-13(21)18-10-6-12-11(5-9(10)17)24-8-25-12/h5-6H,3-4,7-8,17H2,1-2H3,(H,18,21)(H,19,23). The van der Waals surface area contributed by atoms with Gasteiger partial charge in [-0.3, -0.25) is 14.5 Å². The topological polar surface area (TPSA) is 123 Å². The van der Waals surface area contributed by atoms with Crippen LogP contribution < -0.4 is 25.8 Å². The molecule has 0 atom stereocenters. The number of benzene rings is 1. The first-order chi connectivity index (χ1) is 11.9. The van der Waals surface area contributed by atoms with Crippen molar-refractivity contribution in [2.45, 2.75) is 32.2 Å². The number of anilines is 2. The average molecular weight is 348 g/mol. The second-order valence-electron chi connectivity index (χ2n) is 5.95. The highest BCUT2D eigenvalue weighted by Gasteiger charge is 2.49. The molecular weight excluding hydrogens is 328 g/mol. The van der Waals surface area contributed by atoms with Crippen molar-refractivity contribution in [1.82, 2.24) is 10.2 Å². The molecule has 4 amide bonds. The number of carbonyl (C=O) groups excluding carboxylic acids is 3. The van der Waals surface area contributed by atoms with Gasteiger partial charge in [-0.05, 0) is 12.8 Å². The molecule has 3 rings (SSSR count). The number of ether oxygens (including phenoxy) is 2. The zero-order valence-corrected chi connectivity index (χ0v) is 14.0. The number of amides is 4. The number of nitrogens with one attached hydrogen (secondary N) is 2. The molecule has 2 heterocycles. The molecule has 0 aromatic heterocycles. The van der Waals surface area contributed by atoms with Crippen LogP contribution in [0.25, 0.3) is 0 Å². The Kier molecular flexibility index (Phi) is 4.15. The minimum Gasteiger partial charge on any atom is -0.454 e. The summed E-state index contributed by atoms with van der Waals surface area (Å²) in [5.74, 6) is 0.0455. The summed E-state index contributed by atoms with van der Waals surface area (Å²) in [6.45, 7) is 3.34. The Morgan fingerprint density at radius 3 is 2.52 bits per heavy atom. The van der Waals surface area contributed by atoms with Crippen molar-refractivity contribution < 1.29 is 23.9 Å². The molecule has 0 saturated carbocycles. The summed E-state index contributed by atoms with van der Waals surface area (Å²) in [5, 5.41) is 5.28. The number of imide groups is 1. The van der Waals surface area contributed by atoms with E-state index in [0.29, 0.717) is 35.7 Å². The molecule has 9 heteroatoms. The van der Waals surface area contributed by atoms with Gasteiger partial charge in [0.15, 0.2) is 11.5 Å². The van der Waals surface area contributed by atoms with Crippen LogP contribution in [0.3, 0.4) is 0 Å². The van der Waals surface area contributed by atoms with Gasteiger partial charge < -0.3 is 25.8 Å². The molecule has 0 bridgehead atoms. The van der Waals surface area contributed by atoms with Gasteiger partial charge in [-0.15, -0.1) is 0 Å². The third-order valence-corrected chi connectivity index (χ3v) is 4.57. The molecule has 134 valence electrons. The van der Waals surface area contributed by atoms with E-state index in [9.17, 15) is 14.4 Å². The normalized spacial score (nSPS) is 17.6. The molecule has 4 N–H and O–H groups in total. The van der Waals surface area contributed by atoms with Gasteiger partial charge in [0.25, 0.3) is 5.91 Å². The molecule has 2 aliphatic heterocycles. The number of hydrogen-bond donors (Lipinski definition) is 3. The highest BCUT2D eigenvalue weighted by molar-refractivity contribution is 6.10. The van der Waals surface area contributed by atoms with Gasteiger partial charge >= 0.3 is 6.03 Å². The summed E-state index contributed by atoms with van der Waals surface area (Å²) in [7, 11) is 0. The number of nitrogen functional groups attached to an aromatic ring is 1. The van der Waals surface area contributed by atoms with Crippen LogP contribution in [0.4, 0.5) is 16.2 Å². The maximum Gasteiger partial charge on any atom is 0.325 e. The largest absolute Gasteiger partial charge is 0.454 e. The molecule has 1 saturated heterocycles. The van der Waals surface area contributed by atoms with Gasteiger partial charge in [-0.25, -0.2) is 4.79 Å². The summed E-state index contributed by atoms with van der Waals surface area (Å²) in [4.78, 5) is 37.8. The molecule has 1 aromatic rings. The Bertz CT molecular complexity index is 744. The van der Waals surface area contributed by atoms with Crippen molar-refractivity contribution >= 4 is 29.2 Å². The van der Waals surface area contributed by atoms with E-state index in [0.717, 1.165) is 4.90 Å². The van der Waals surface area contributed by atoms with Crippen LogP contribution >= 0.6 is 0 Å². The van der Waals surface area contributed by atoms with Gasteiger partial charge in [-0.1, -0.05) is 13.8 Å². The van der Waals surface area contributed by atoms with Crippen LogP contribution in [0.2, 0.25) is 0 Å². The first-order valence-corrected chi connectivity index (χ1v) is 8.03. The van der Waals surface area contributed by atoms with E-state index < -0.39 is 23.4 Å². The summed E-state index contributed by atoms with van der Waals surface area (Å²) in [5.41, 5.74) is 5.57. The van der Waals surface area contributed by atoms with E-state index in [4.69, 9.17) is 15.2 Å². The second-order valence-corrected chi connectivity index (χ2v) is 5.95. The zero-order chi connectivity index (χ0) is 18.2. The van der Waals surface area contributed by atoms with E-state index >= 15 is 0 Å². The maximum atomic E-state index is 12.5. The Labute approximate surface area is 144 Å². The quantitative estimate of drug-likeness (QED) is 0.540. The minimum absolute atomic E-state index is 0.0880. The fourth-order valence-corrected chi connectivity index (χ4v) is 2.95. The van der Waals surface area contributed by atoms with Gasteiger partial charge in [-0.2, -0.15) is 0 Å². The number of fused-ring (bicyclic) bond motifs is 1. The van der Waals surface area contributed by atoms with Crippen molar-refractivity contribution in [2.24, 2.45) is 0 Å². The fourth-order valence-electron chi connectivity index (χ4n) is 2.95. The molecule has 1 fully saturated rings. The van der Waals surface area contributed by atoms with Gasteiger partial charge in [0.05, 0.1) is 11.4 Å². The summed E-state index contributed by atoms with van der Waals surface area (Å²) < 4.78 is 10.4. The van der Waals surface area contributed by atoms with E-state index in [1.807, 2.05) is 13.8 Å². The molecule has 0 unspecified atom stereocenters. The van der Waals surface area contributed by atoms with Crippen LogP contribution in [0.5, 0.6) is 11.5 Å². The average Bonchev–Trinajstić information content (AvgIpc) is 3.12. The molecule has 0 radical (unpaired) electrons. The Morgan fingerprint density at radius 1 is 1.28 bits per heavy atom. The van der Waals surface area contributed by atoms with Crippen molar-refractivity contribution in [3.8, 4) is 11.5 Å². The number of urea groups is 1. The van der Waals surface area contributed by atoms with Gasteiger partial charge in [0.1, 0.15) is 12.1 Å². The molecule has 9 nitrogen and oxygen atoms in total. The van der Waals surface area contributed by atoms with E-state index in [1.54, 1.807) is 12.1 Å². The molecule has 0 spiro atoms. The lowest BCUT2D eigenvalue weighted by atomic mass is 9.93. The molecular formula is C16H20N4O5. The second kappa shape index (κ2) is 6.15. The SMILES string of the molecule is CCC1(CC)NC(=O)N(CC(=O)Nc2cc3c(cc2N)OCO3)C1=O. The lowest BCUT2D eigenvalue weighted by Gasteiger charge is -2.23. The molecule has 2 aliphatic rings. The van der Waals surface area contributed by atoms with E-state index in [-0.39, 0.29) is 13.3 Å². The Morgan fingerprint density at radius 2 is 1.92 bits per heavy atom. The predicted molar refractivity (Wildman–Crippen MR) is 89.2 cm³/mol. The van der Waals surface area contributed by atoms with Crippen LogP contribution in [0.1, 0.15) is 26.7 Å². The first kappa shape index (κ1) is 16.9. The Hall–Kier alpha value is -2.97.